The first-order chi connectivity index (χ1) is 10.6. The fraction of sp³-hybridized carbons (Fsp3) is 0.267. The fourth-order valence-electron chi connectivity index (χ4n) is 1.88. The lowest BCUT2D eigenvalue weighted by molar-refractivity contribution is -0.384. The summed E-state index contributed by atoms with van der Waals surface area (Å²) in [6, 6.07) is 9.32. The van der Waals surface area contributed by atoms with Crippen LogP contribution in [0.15, 0.2) is 40.8 Å². The van der Waals surface area contributed by atoms with Crippen molar-refractivity contribution in [1.29, 1.82) is 0 Å². The standard InChI is InChI=1S/C15H14N2O5/c18-15(16-10-1-2-10)14-8-7-13(22-14)9-21-12-5-3-11(4-6-12)17(19)20/h3-8,10H,1-2,9H2,(H,16,18). The number of nitro benzene ring substituents is 1. The summed E-state index contributed by atoms with van der Waals surface area (Å²) >= 11 is 0. The van der Waals surface area contributed by atoms with E-state index in [1.54, 1.807) is 12.1 Å². The van der Waals surface area contributed by atoms with E-state index in [9.17, 15) is 14.9 Å². The first-order valence-electron chi connectivity index (χ1n) is 6.88. The maximum absolute atomic E-state index is 11.8. The number of ether oxygens (including phenoxy) is 1. The van der Waals surface area contributed by atoms with Gasteiger partial charge in [0.05, 0.1) is 4.92 Å². The second kappa shape index (κ2) is 5.88. The van der Waals surface area contributed by atoms with Crippen LogP contribution in [0.3, 0.4) is 0 Å². The van der Waals surface area contributed by atoms with Crippen molar-refractivity contribution >= 4 is 11.6 Å². The number of rotatable bonds is 6. The highest BCUT2D eigenvalue weighted by Gasteiger charge is 2.25. The van der Waals surface area contributed by atoms with Gasteiger partial charge in [-0.1, -0.05) is 0 Å². The Kier molecular flexibility index (Phi) is 3.78. The predicted octanol–water partition coefficient (Wildman–Crippen LogP) is 2.66. The summed E-state index contributed by atoms with van der Waals surface area (Å²) in [4.78, 5) is 21.9. The van der Waals surface area contributed by atoms with Crippen molar-refractivity contribution in [3.8, 4) is 5.75 Å². The summed E-state index contributed by atoms with van der Waals surface area (Å²) in [5.41, 5.74) is 0.00406. The van der Waals surface area contributed by atoms with Crippen LogP contribution in [0.2, 0.25) is 0 Å². The maximum Gasteiger partial charge on any atom is 0.287 e. The molecular formula is C15H14N2O5. The topological polar surface area (TPSA) is 94.6 Å². The Morgan fingerprint density at radius 3 is 2.64 bits per heavy atom. The third-order valence-electron chi connectivity index (χ3n) is 3.23. The molecule has 0 saturated heterocycles. The van der Waals surface area contributed by atoms with Crippen molar-refractivity contribution in [2.24, 2.45) is 0 Å². The quantitative estimate of drug-likeness (QED) is 0.654. The van der Waals surface area contributed by atoms with Gasteiger partial charge >= 0.3 is 0 Å². The van der Waals surface area contributed by atoms with Gasteiger partial charge in [0.1, 0.15) is 18.1 Å². The Morgan fingerprint density at radius 1 is 1.27 bits per heavy atom. The van der Waals surface area contributed by atoms with Crippen molar-refractivity contribution in [2.75, 3.05) is 0 Å². The van der Waals surface area contributed by atoms with E-state index in [0.29, 0.717) is 11.5 Å². The third-order valence-corrected chi connectivity index (χ3v) is 3.23. The van der Waals surface area contributed by atoms with Gasteiger partial charge < -0.3 is 14.5 Å². The molecule has 114 valence electrons. The number of carbonyl (C=O) groups is 1. The van der Waals surface area contributed by atoms with E-state index in [1.165, 1.54) is 24.3 Å². The molecule has 0 atom stereocenters. The minimum Gasteiger partial charge on any atom is -0.486 e. The minimum absolute atomic E-state index is 0.00406. The Balaban J connectivity index is 1.55. The summed E-state index contributed by atoms with van der Waals surface area (Å²) in [5, 5.41) is 13.4. The smallest absolute Gasteiger partial charge is 0.287 e. The van der Waals surface area contributed by atoms with Crippen LogP contribution >= 0.6 is 0 Å². The molecule has 7 heteroatoms. The molecule has 0 bridgehead atoms. The van der Waals surface area contributed by atoms with Crippen molar-refractivity contribution in [3.05, 3.63) is 58.0 Å². The lowest BCUT2D eigenvalue weighted by Crippen LogP contribution is -2.24. The molecule has 1 aromatic heterocycles. The highest BCUT2D eigenvalue weighted by molar-refractivity contribution is 5.91. The number of carbonyl (C=O) groups excluding carboxylic acids is 1. The van der Waals surface area contributed by atoms with Crippen LogP contribution in [0.5, 0.6) is 5.75 Å². The van der Waals surface area contributed by atoms with E-state index in [-0.39, 0.29) is 30.0 Å². The average molecular weight is 302 g/mol. The summed E-state index contributed by atoms with van der Waals surface area (Å²) < 4.78 is 10.9. The SMILES string of the molecule is O=C(NC1CC1)c1ccc(COc2ccc([N+](=O)[O-])cc2)o1. The minimum atomic E-state index is -0.471. The summed E-state index contributed by atoms with van der Waals surface area (Å²) in [6.45, 7) is 0.147. The van der Waals surface area contributed by atoms with E-state index >= 15 is 0 Å². The van der Waals surface area contributed by atoms with Crippen LogP contribution in [-0.4, -0.2) is 16.9 Å². The monoisotopic (exact) mass is 302 g/mol. The lowest BCUT2D eigenvalue weighted by Gasteiger charge is -2.03. The summed E-state index contributed by atoms with van der Waals surface area (Å²) in [5.74, 6) is 1.04. The molecule has 3 rings (SSSR count). The second-order valence-corrected chi connectivity index (χ2v) is 5.05. The zero-order chi connectivity index (χ0) is 15.5. The van der Waals surface area contributed by atoms with Crippen LogP contribution in [-0.2, 0) is 6.61 Å². The van der Waals surface area contributed by atoms with E-state index in [4.69, 9.17) is 9.15 Å². The Bertz CT molecular complexity index is 688. The summed E-state index contributed by atoms with van der Waals surface area (Å²) in [7, 11) is 0. The zero-order valence-electron chi connectivity index (χ0n) is 11.7. The summed E-state index contributed by atoms with van der Waals surface area (Å²) in [6.07, 6.45) is 2.03. The van der Waals surface area contributed by atoms with Crippen molar-refractivity contribution in [3.63, 3.8) is 0 Å². The maximum atomic E-state index is 11.8. The molecule has 0 unspecified atom stereocenters. The van der Waals surface area contributed by atoms with Gasteiger partial charge in [0, 0.05) is 18.2 Å². The highest BCUT2D eigenvalue weighted by Crippen LogP contribution is 2.21. The molecule has 7 nitrogen and oxygen atoms in total. The van der Waals surface area contributed by atoms with Crippen LogP contribution in [0.4, 0.5) is 5.69 Å². The van der Waals surface area contributed by atoms with Gasteiger partial charge in [0.15, 0.2) is 5.76 Å². The molecule has 1 N–H and O–H groups in total. The van der Waals surface area contributed by atoms with E-state index in [1.807, 2.05) is 0 Å². The van der Waals surface area contributed by atoms with Gasteiger partial charge in [0.25, 0.3) is 11.6 Å². The van der Waals surface area contributed by atoms with Crippen LogP contribution < -0.4 is 10.1 Å². The van der Waals surface area contributed by atoms with Gasteiger partial charge in [-0.3, -0.25) is 14.9 Å². The molecule has 1 aliphatic rings. The Hall–Kier alpha value is -2.83. The molecular weight excluding hydrogens is 288 g/mol. The van der Waals surface area contributed by atoms with Crippen molar-refractivity contribution < 1.29 is 18.9 Å². The number of benzene rings is 1. The van der Waals surface area contributed by atoms with E-state index < -0.39 is 4.92 Å². The molecule has 1 aliphatic carbocycles. The molecule has 1 saturated carbocycles. The number of nitrogens with one attached hydrogen (secondary N) is 1. The predicted molar refractivity (Wildman–Crippen MR) is 76.6 cm³/mol. The van der Waals surface area contributed by atoms with Gasteiger partial charge in [-0.05, 0) is 37.1 Å². The number of hydrogen-bond acceptors (Lipinski definition) is 5. The van der Waals surface area contributed by atoms with Gasteiger partial charge in [-0.2, -0.15) is 0 Å². The van der Waals surface area contributed by atoms with E-state index in [2.05, 4.69) is 5.32 Å². The molecule has 0 aliphatic heterocycles. The first kappa shape index (κ1) is 14.1. The fourth-order valence-corrected chi connectivity index (χ4v) is 1.88. The Morgan fingerprint density at radius 2 is 2.00 bits per heavy atom. The van der Waals surface area contributed by atoms with Gasteiger partial charge in [0.2, 0.25) is 0 Å². The van der Waals surface area contributed by atoms with Crippen LogP contribution in [0.25, 0.3) is 0 Å². The number of furan rings is 1. The number of amides is 1. The molecule has 0 radical (unpaired) electrons. The number of hydrogen-bond donors (Lipinski definition) is 1. The molecule has 1 amide bonds. The molecule has 1 heterocycles. The molecule has 1 aromatic carbocycles. The van der Waals surface area contributed by atoms with Crippen molar-refractivity contribution in [2.45, 2.75) is 25.5 Å². The van der Waals surface area contributed by atoms with Crippen LogP contribution in [0.1, 0.15) is 29.2 Å². The third kappa shape index (κ3) is 3.43. The van der Waals surface area contributed by atoms with E-state index in [0.717, 1.165) is 12.8 Å². The van der Waals surface area contributed by atoms with Gasteiger partial charge in [-0.15, -0.1) is 0 Å². The van der Waals surface area contributed by atoms with Crippen LogP contribution in [0, 0.1) is 10.1 Å². The highest BCUT2D eigenvalue weighted by atomic mass is 16.6. The average Bonchev–Trinajstić information content (AvgIpc) is 3.19. The largest absolute Gasteiger partial charge is 0.486 e. The lowest BCUT2D eigenvalue weighted by atomic mass is 10.3. The number of nitrogens with zero attached hydrogens (tertiary/aromatic N) is 1. The van der Waals surface area contributed by atoms with Crippen molar-refractivity contribution in [1.82, 2.24) is 5.32 Å². The molecule has 2 aromatic rings. The molecule has 22 heavy (non-hydrogen) atoms. The normalized spacial score (nSPS) is 13.6. The molecule has 1 fully saturated rings. The zero-order valence-corrected chi connectivity index (χ0v) is 11.7. The first-order valence-corrected chi connectivity index (χ1v) is 6.88. The molecule has 0 spiro atoms. The number of non-ortho nitro benzene ring substituents is 1. The second-order valence-electron chi connectivity index (χ2n) is 5.05. The Labute approximate surface area is 126 Å². The number of nitro groups is 1. The van der Waals surface area contributed by atoms with Gasteiger partial charge in [-0.25, -0.2) is 0 Å².